The van der Waals surface area contributed by atoms with E-state index in [9.17, 15) is 9.59 Å². The minimum absolute atomic E-state index is 0.284. The van der Waals surface area contributed by atoms with Gasteiger partial charge in [0.1, 0.15) is 6.61 Å². The van der Waals surface area contributed by atoms with Crippen LogP contribution in [0.2, 0.25) is 0 Å². The fourth-order valence-electron chi connectivity index (χ4n) is 1.04. The number of hydrogen-bond donors (Lipinski definition) is 2. The van der Waals surface area contributed by atoms with Crippen molar-refractivity contribution in [3.63, 3.8) is 0 Å². The molecule has 4 nitrogen and oxygen atoms in total. The molecule has 0 aliphatic carbocycles. The van der Waals surface area contributed by atoms with Crippen LogP contribution in [-0.4, -0.2) is 29.9 Å². The zero-order valence-corrected chi connectivity index (χ0v) is 9.40. The number of ketones is 1. The van der Waals surface area contributed by atoms with Crippen molar-refractivity contribution in [1.82, 2.24) is 5.32 Å². The lowest BCUT2D eigenvalue weighted by atomic mass is 10.2. The number of allylic oxidation sites excluding steroid dienone is 3. The first-order chi connectivity index (χ1) is 7.63. The van der Waals surface area contributed by atoms with E-state index >= 15 is 0 Å². The number of nitrogens with one attached hydrogen (secondary N) is 1. The number of hydrogen-bond acceptors (Lipinski definition) is 3. The van der Waals surface area contributed by atoms with E-state index in [1.807, 2.05) is 19.1 Å². The molecule has 88 valence electrons. The van der Waals surface area contributed by atoms with E-state index in [0.29, 0.717) is 6.54 Å². The Kier molecular flexibility index (Phi) is 7.71. The number of aliphatic hydroxyl groups is 1. The smallest absolute Gasteiger partial charge is 0.227 e. The molecule has 0 radical (unpaired) electrons. The summed E-state index contributed by atoms with van der Waals surface area (Å²) in [7, 11) is 0. The second-order valence-electron chi connectivity index (χ2n) is 3.13. The van der Waals surface area contributed by atoms with Crippen LogP contribution in [0, 0.1) is 0 Å². The lowest BCUT2D eigenvalue weighted by Crippen LogP contribution is -2.28. The van der Waals surface area contributed by atoms with E-state index in [1.165, 1.54) is 0 Å². The molecule has 2 N–H and O–H groups in total. The average molecular weight is 223 g/mol. The van der Waals surface area contributed by atoms with Gasteiger partial charge in [-0.25, -0.2) is 0 Å². The molecule has 0 saturated heterocycles. The molecule has 0 spiro atoms. The molecule has 0 aromatic heterocycles. The number of Topliss-reactive ketones (excluding diaryl/α,β-unsaturated/α-hetero) is 1. The molecular formula is C12H17NO3. The second kappa shape index (κ2) is 8.61. The maximum atomic E-state index is 11.2. The summed E-state index contributed by atoms with van der Waals surface area (Å²) in [6.45, 7) is 5.17. The molecule has 16 heavy (non-hydrogen) atoms. The molecule has 0 saturated carbocycles. The largest absolute Gasteiger partial charge is 0.389 e. The highest BCUT2D eigenvalue weighted by Gasteiger charge is 2.07. The monoisotopic (exact) mass is 223 g/mol. The Bertz CT molecular complexity index is 316. The van der Waals surface area contributed by atoms with Crippen LogP contribution in [0.4, 0.5) is 0 Å². The van der Waals surface area contributed by atoms with Crippen molar-refractivity contribution >= 4 is 11.7 Å². The maximum absolute atomic E-state index is 11.2. The van der Waals surface area contributed by atoms with Gasteiger partial charge in [-0.2, -0.15) is 0 Å². The molecule has 0 rings (SSSR count). The molecule has 0 aliphatic rings. The van der Waals surface area contributed by atoms with Gasteiger partial charge in [0.25, 0.3) is 0 Å². The van der Waals surface area contributed by atoms with Gasteiger partial charge in [-0.15, -0.1) is 0 Å². The fraction of sp³-hybridized carbons (Fsp3) is 0.333. The molecule has 1 amide bonds. The van der Waals surface area contributed by atoms with Gasteiger partial charge in [0.05, 0.1) is 6.42 Å². The zero-order valence-electron chi connectivity index (χ0n) is 9.40. The van der Waals surface area contributed by atoms with Crippen molar-refractivity contribution in [2.24, 2.45) is 0 Å². The van der Waals surface area contributed by atoms with Crippen LogP contribution in [0.5, 0.6) is 0 Å². The van der Waals surface area contributed by atoms with E-state index < -0.39 is 18.3 Å². The fourth-order valence-corrected chi connectivity index (χ4v) is 1.04. The summed E-state index contributed by atoms with van der Waals surface area (Å²) in [6.07, 6.45) is 6.80. The van der Waals surface area contributed by atoms with Crippen LogP contribution < -0.4 is 5.32 Å². The molecule has 0 bridgehead atoms. The van der Waals surface area contributed by atoms with E-state index in [1.54, 1.807) is 12.2 Å². The zero-order chi connectivity index (χ0) is 12.4. The Morgan fingerprint density at radius 2 is 2.12 bits per heavy atom. The average Bonchev–Trinajstić information content (AvgIpc) is 2.26. The first-order valence-corrected chi connectivity index (χ1v) is 4.97. The van der Waals surface area contributed by atoms with Gasteiger partial charge in [0.15, 0.2) is 5.78 Å². The van der Waals surface area contributed by atoms with E-state index in [0.717, 1.165) is 5.57 Å². The molecule has 0 aliphatic heterocycles. The predicted molar refractivity (Wildman–Crippen MR) is 62.8 cm³/mol. The van der Waals surface area contributed by atoms with Gasteiger partial charge >= 0.3 is 0 Å². The molecule has 0 unspecified atom stereocenters. The van der Waals surface area contributed by atoms with Crippen molar-refractivity contribution in [1.29, 1.82) is 0 Å². The number of amides is 1. The SMILES string of the molecule is C=C/C=C(\C=C/C)CNC(=O)CC(=O)CO. The Balaban J connectivity index is 4.11. The molecular weight excluding hydrogens is 206 g/mol. The minimum Gasteiger partial charge on any atom is -0.389 e. The van der Waals surface area contributed by atoms with Crippen molar-refractivity contribution in [3.8, 4) is 0 Å². The van der Waals surface area contributed by atoms with E-state index in [4.69, 9.17) is 5.11 Å². The van der Waals surface area contributed by atoms with Crippen LogP contribution in [0.25, 0.3) is 0 Å². The number of aliphatic hydroxyl groups excluding tert-OH is 1. The number of carbonyl (C=O) groups is 2. The van der Waals surface area contributed by atoms with E-state index in [-0.39, 0.29) is 6.42 Å². The summed E-state index contributed by atoms with van der Waals surface area (Å²) in [5.74, 6) is -0.878. The first kappa shape index (κ1) is 14.3. The summed E-state index contributed by atoms with van der Waals surface area (Å²) < 4.78 is 0. The second-order valence-corrected chi connectivity index (χ2v) is 3.13. The predicted octanol–water partition coefficient (Wildman–Crippen LogP) is 0.743. The topological polar surface area (TPSA) is 66.4 Å². The highest BCUT2D eigenvalue weighted by Crippen LogP contribution is 1.96. The van der Waals surface area contributed by atoms with Gasteiger partial charge < -0.3 is 10.4 Å². The Morgan fingerprint density at radius 1 is 1.44 bits per heavy atom. The van der Waals surface area contributed by atoms with Crippen LogP contribution in [-0.2, 0) is 9.59 Å². The molecule has 0 atom stereocenters. The van der Waals surface area contributed by atoms with Crippen molar-refractivity contribution in [2.45, 2.75) is 13.3 Å². The van der Waals surface area contributed by atoms with Crippen molar-refractivity contribution in [2.75, 3.05) is 13.2 Å². The van der Waals surface area contributed by atoms with Gasteiger partial charge in [-0.05, 0) is 12.5 Å². The van der Waals surface area contributed by atoms with E-state index in [2.05, 4.69) is 11.9 Å². The summed E-state index contributed by atoms with van der Waals surface area (Å²) >= 11 is 0. The van der Waals surface area contributed by atoms with Crippen LogP contribution in [0.1, 0.15) is 13.3 Å². The third kappa shape index (κ3) is 6.73. The molecule has 0 aromatic rings. The van der Waals surface area contributed by atoms with Crippen LogP contribution in [0.3, 0.4) is 0 Å². The van der Waals surface area contributed by atoms with Gasteiger partial charge in [-0.1, -0.05) is 30.9 Å². The summed E-state index contributed by atoms with van der Waals surface area (Å²) in [5, 5.41) is 11.0. The van der Waals surface area contributed by atoms with Crippen LogP contribution in [0.15, 0.2) is 36.5 Å². The Labute approximate surface area is 95.4 Å². The van der Waals surface area contributed by atoms with Gasteiger partial charge in [0.2, 0.25) is 5.91 Å². The Morgan fingerprint density at radius 3 is 2.62 bits per heavy atom. The Hall–Kier alpha value is -1.68. The first-order valence-electron chi connectivity index (χ1n) is 4.97. The lowest BCUT2D eigenvalue weighted by molar-refractivity contribution is -0.129. The summed E-state index contributed by atoms with van der Waals surface area (Å²) in [6, 6.07) is 0. The van der Waals surface area contributed by atoms with Crippen molar-refractivity contribution < 1.29 is 14.7 Å². The molecule has 4 heteroatoms. The third-order valence-corrected chi connectivity index (χ3v) is 1.74. The standard InChI is InChI=1S/C12H17NO3/c1-3-5-10(6-4-2)8-13-12(16)7-11(15)9-14/h3-6,14H,1,7-9H2,2H3,(H,13,16)/b6-4-,10-5+. The highest BCUT2D eigenvalue weighted by molar-refractivity contribution is 5.98. The number of rotatable bonds is 7. The van der Waals surface area contributed by atoms with Crippen LogP contribution >= 0.6 is 0 Å². The summed E-state index contributed by atoms with van der Waals surface area (Å²) in [5.41, 5.74) is 0.891. The normalized spacial score (nSPS) is 11.5. The summed E-state index contributed by atoms with van der Waals surface area (Å²) in [4.78, 5) is 22.0. The van der Waals surface area contributed by atoms with Gasteiger partial charge in [0, 0.05) is 6.54 Å². The maximum Gasteiger partial charge on any atom is 0.227 e. The number of carbonyl (C=O) groups excluding carboxylic acids is 2. The van der Waals surface area contributed by atoms with Crippen molar-refractivity contribution in [3.05, 3.63) is 36.5 Å². The third-order valence-electron chi connectivity index (χ3n) is 1.74. The highest BCUT2D eigenvalue weighted by atomic mass is 16.3. The minimum atomic E-state index is -0.600. The molecule has 0 heterocycles. The van der Waals surface area contributed by atoms with Gasteiger partial charge in [-0.3, -0.25) is 9.59 Å². The quantitative estimate of drug-likeness (QED) is 0.494. The molecule has 0 aromatic carbocycles. The lowest BCUT2D eigenvalue weighted by Gasteiger charge is -2.04. The molecule has 0 fully saturated rings.